The van der Waals surface area contributed by atoms with Gasteiger partial charge in [0.1, 0.15) is 0 Å². The molecule has 0 unspecified atom stereocenters. The summed E-state index contributed by atoms with van der Waals surface area (Å²) in [7, 11) is 0. The highest BCUT2D eigenvalue weighted by molar-refractivity contribution is 5.97. The van der Waals surface area contributed by atoms with Crippen LogP contribution in [0.4, 0.5) is 22.7 Å². The van der Waals surface area contributed by atoms with Gasteiger partial charge in [-0.25, -0.2) is 0 Å². The maximum Gasteiger partial charge on any atom is 0.243 e. The Kier molecular flexibility index (Phi) is 7.95. The third-order valence-corrected chi connectivity index (χ3v) is 5.64. The van der Waals surface area contributed by atoms with Gasteiger partial charge in [-0.3, -0.25) is 9.59 Å². The molecule has 3 rings (SSSR count). The van der Waals surface area contributed by atoms with E-state index < -0.39 is 0 Å². The van der Waals surface area contributed by atoms with Crippen molar-refractivity contribution in [2.24, 2.45) is 0 Å². The highest BCUT2D eigenvalue weighted by atomic mass is 16.2. The Morgan fingerprint density at radius 1 is 0.588 bits per heavy atom. The zero-order valence-corrected chi connectivity index (χ0v) is 20.8. The lowest BCUT2D eigenvalue weighted by atomic mass is 10.1. The van der Waals surface area contributed by atoms with Crippen LogP contribution in [0.5, 0.6) is 0 Å². The summed E-state index contributed by atoms with van der Waals surface area (Å²) in [5.74, 6) is -0.315. The zero-order valence-electron chi connectivity index (χ0n) is 20.8. The Morgan fingerprint density at radius 3 is 1.29 bits per heavy atom. The molecule has 0 saturated heterocycles. The first-order valence-corrected chi connectivity index (χ1v) is 11.5. The quantitative estimate of drug-likeness (QED) is 0.352. The predicted octanol–water partition coefficient (Wildman–Crippen LogP) is 5.64. The minimum Gasteiger partial charge on any atom is -0.376 e. The van der Waals surface area contributed by atoms with Crippen molar-refractivity contribution in [3.8, 4) is 0 Å². The molecule has 34 heavy (non-hydrogen) atoms. The average Bonchev–Trinajstić information content (AvgIpc) is 2.72. The standard InChI is InChI=1S/C28H34N4O2/c1-17-10-19(3)27(20(4)11-17)29-15-25(33)31-23-8-7-9-24(14-23)32-26(34)16-30-28-21(5)12-18(2)13-22(28)6/h7-14,29-30H,15-16H2,1-6H3,(H,31,33)(H,32,34). The summed E-state index contributed by atoms with van der Waals surface area (Å²) < 4.78 is 0. The molecule has 0 fully saturated rings. The van der Waals surface area contributed by atoms with Gasteiger partial charge in [0.25, 0.3) is 0 Å². The Morgan fingerprint density at radius 2 is 0.941 bits per heavy atom. The van der Waals surface area contributed by atoms with Crippen molar-refractivity contribution in [3.63, 3.8) is 0 Å². The Bertz CT molecular complexity index is 1080. The molecule has 0 spiro atoms. The topological polar surface area (TPSA) is 82.3 Å². The first-order chi connectivity index (χ1) is 16.1. The number of amides is 2. The number of hydrogen-bond donors (Lipinski definition) is 4. The zero-order chi connectivity index (χ0) is 24.8. The summed E-state index contributed by atoms with van der Waals surface area (Å²) in [6.07, 6.45) is 0. The molecule has 2 amide bonds. The monoisotopic (exact) mass is 458 g/mol. The number of carbonyl (C=O) groups is 2. The molecule has 0 aliphatic heterocycles. The first kappa shape index (κ1) is 24.8. The fourth-order valence-corrected chi connectivity index (χ4v) is 4.34. The third kappa shape index (κ3) is 6.61. The lowest BCUT2D eigenvalue weighted by Crippen LogP contribution is -2.23. The second-order valence-electron chi connectivity index (χ2n) is 8.93. The normalized spacial score (nSPS) is 10.5. The van der Waals surface area contributed by atoms with E-state index >= 15 is 0 Å². The maximum atomic E-state index is 12.5. The molecule has 0 radical (unpaired) electrons. The van der Waals surface area contributed by atoms with Crippen molar-refractivity contribution in [1.29, 1.82) is 0 Å². The summed E-state index contributed by atoms with van der Waals surface area (Å²) in [5, 5.41) is 12.2. The van der Waals surface area contributed by atoms with Gasteiger partial charge in [0.2, 0.25) is 11.8 Å². The van der Waals surface area contributed by atoms with E-state index in [9.17, 15) is 9.59 Å². The fourth-order valence-electron chi connectivity index (χ4n) is 4.34. The Labute approximate surface area is 202 Å². The number of benzene rings is 3. The highest BCUT2D eigenvalue weighted by Crippen LogP contribution is 2.23. The van der Waals surface area contributed by atoms with Gasteiger partial charge >= 0.3 is 0 Å². The second kappa shape index (κ2) is 10.9. The van der Waals surface area contributed by atoms with Crippen LogP contribution in [0.1, 0.15) is 33.4 Å². The maximum absolute atomic E-state index is 12.5. The van der Waals surface area contributed by atoms with Gasteiger partial charge in [-0.2, -0.15) is 0 Å². The number of aryl methyl sites for hydroxylation is 6. The lowest BCUT2D eigenvalue weighted by Gasteiger charge is -2.15. The molecule has 3 aromatic rings. The largest absolute Gasteiger partial charge is 0.376 e. The van der Waals surface area contributed by atoms with E-state index in [-0.39, 0.29) is 24.9 Å². The fraction of sp³-hybridized carbons (Fsp3) is 0.286. The highest BCUT2D eigenvalue weighted by Gasteiger charge is 2.09. The summed E-state index contributed by atoms with van der Waals surface area (Å²) in [6.45, 7) is 12.5. The molecule has 6 nitrogen and oxygen atoms in total. The van der Waals surface area contributed by atoms with E-state index in [1.807, 2.05) is 27.7 Å². The van der Waals surface area contributed by atoms with Crippen LogP contribution in [0.15, 0.2) is 48.5 Å². The molecule has 0 heterocycles. The molecule has 0 bridgehead atoms. The molecule has 0 atom stereocenters. The van der Waals surface area contributed by atoms with Crippen LogP contribution >= 0.6 is 0 Å². The van der Waals surface area contributed by atoms with Crippen LogP contribution in [0.3, 0.4) is 0 Å². The van der Waals surface area contributed by atoms with Crippen molar-refractivity contribution in [3.05, 3.63) is 81.9 Å². The van der Waals surface area contributed by atoms with Crippen molar-refractivity contribution in [2.75, 3.05) is 34.4 Å². The Balaban J connectivity index is 1.54. The van der Waals surface area contributed by atoms with E-state index in [0.29, 0.717) is 11.4 Å². The van der Waals surface area contributed by atoms with Crippen LogP contribution < -0.4 is 21.3 Å². The van der Waals surface area contributed by atoms with Gasteiger partial charge in [0, 0.05) is 22.7 Å². The van der Waals surface area contributed by atoms with Crippen LogP contribution in [-0.4, -0.2) is 24.9 Å². The van der Waals surface area contributed by atoms with Crippen molar-refractivity contribution < 1.29 is 9.59 Å². The summed E-state index contributed by atoms with van der Waals surface area (Å²) in [6, 6.07) is 15.5. The van der Waals surface area contributed by atoms with Crippen molar-refractivity contribution >= 4 is 34.6 Å². The number of carbonyl (C=O) groups excluding carboxylic acids is 2. The molecule has 0 aliphatic carbocycles. The smallest absolute Gasteiger partial charge is 0.243 e. The average molecular weight is 459 g/mol. The van der Waals surface area contributed by atoms with Crippen LogP contribution in [0, 0.1) is 41.5 Å². The van der Waals surface area contributed by atoms with Gasteiger partial charge in [-0.1, -0.05) is 41.5 Å². The minimum atomic E-state index is -0.158. The SMILES string of the molecule is Cc1cc(C)c(NCC(=O)Nc2cccc(NC(=O)CNc3c(C)cc(C)cc3C)c2)c(C)c1. The molecule has 0 aromatic heterocycles. The predicted molar refractivity (Wildman–Crippen MR) is 142 cm³/mol. The molecule has 4 N–H and O–H groups in total. The van der Waals surface area contributed by atoms with Gasteiger partial charge in [0.15, 0.2) is 0 Å². The molecule has 178 valence electrons. The van der Waals surface area contributed by atoms with E-state index in [1.165, 1.54) is 11.1 Å². The van der Waals surface area contributed by atoms with E-state index in [4.69, 9.17) is 0 Å². The second-order valence-corrected chi connectivity index (χ2v) is 8.93. The summed E-state index contributed by atoms with van der Waals surface area (Å²) in [5.41, 5.74) is 10.0. The Hall–Kier alpha value is -3.80. The molecule has 6 heteroatoms. The first-order valence-electron chi connectivity index (χ1n) is 11.5. The van der Waals surface area contributed by atoms with E-state index in [1.54, 1.807) is 24.3 Å². The molecule has 0 saturated carbocycles. The molecular formula is C28H34N4O2. The lowest BCUT2D eigenvalue weighted by molar-refractivity contribution is -0.115. The third-order valence-electron chi connectivity index (χ3n) is 5.64. The van der Waals surface area contributed by atoms with Crippen LogP contribution in [-0.2, 0) is 9.59 Å². The van der Waals surface area contributed by atoms with E-state index in [2.05, 4.69) is 59.4 Å². The van der Waals surface area contributed by atoms with Crippen LogP contribution in [0.25, 0.3) is 0 Å². The number of anilines is 4. The van der Waals surface area contributed by atoms with Crippen molar-refractivity contribution in [1.82, 2.24) is 0 Å². The van der Waals surface area contributed by atoms with Crippen molar-refractivity contribution in [2.45, 2.75) is 41.5 Å². The van der Waals surface area contributed by atoms with Gasteiger partial charge < -0.3 is 21.3 Å². The van der Waals surface area contributed by atoms with Gasteiger partial charge in [-0.15, -0.1) is 0 Å². The van der Waals surface area contributed by atoms with Crippen LogP contribution in [0.2, 0.25) is 0 Å². The minimum absolute atomic E-state index is 0.153. The number of nitrogens with one attached hydrogen (secondary N) is 4. The number of rotatable bonds is 8. The van der Waals surface area contributed by atoms with Gasteiger partial charge in [-0.05, 0) is 82.0 Å². The van der Waals surface area contributed by atoms with E-state index in [0.717, 1.165) is 33.6 Å². The number of hydrogen-bond acceptors (Lipinski definition) is 4. The molecule has 3 aromatic carbocycles. The summed E-state index contributed by atoms with van der Waals surface area (Å²) in [4.78, 5) is 25.0. The molecule has 0 aliphatic rings. The molecular weight excluding hydrogens is 424 g/mol. The summed E-state index contributed by atoms with van der Waals surface area (Å²) >= 11 is 0. The van der Waals surface area contributed by atoms with Gasteiger partial charge in [0.05, 0.1) is 13.1 Å².